The van der Waals surface area contributed by atoms with Gasteiger partial charge in [0.05, 0.1) is 36.5 Å². The molecular formula is C33H38FN3O6. The molecule has 0 aliphatic carbocycles. The summed E-state index contributed by atoms with van der Waals surface area (Å²) in [5.74, 6) is -1.72. The Hall–Kier alpha value is -3.76. The molecule has 4 aliphatic heterocycles. The number of carbonyl (C=O) groups is 3. The number of nitrogens with zero attached hydrogens (tertiary/aromatic N) is 3. The van der Waals surface area contributed by atoms with Crippen LogP contribution in [0.25, 0.3) is 0 Å². The number of para-hydroxylation sites is 2. The minimum absolute atomic E-state index is 0.111. The number of anilines is 3. The van der Waals surface area contributed by atoms with Crippen LogP contribution in [0.5, 0.6) is 5.75 Å². The molecule has 2 fully saturated rings. The third kappa shape index (κ3) is 4.53. The highest BCUT2D eigenvalue weighted by Gasteiger charge is 2.66. The van der Waals surface area contributed by atoms with Gasteiger partial charge in [0.1, 0.15) is 11.4 Å². The van der Waals surface area contributed by atoms with E-state index in [9.17, 15) is 19.5 Å². The van der Waals surface area contributed by atoms with E-state index in [1.807, 2.05) is 19.1 Å². The average molecular weight is 592 g/mol. The number of hydrogen-bond acceptors (Lipinski definition) is 6. The lowest BCUT2D eigenvalue weighted by molar-refractivity contribution is -0.150. The van der Waals surface area contributed by atoms with E-state index in [2.05, 4.69) is 6.58 Å². The standard InChI is InChI=1S/C33H38FN3O6/c1-5-14-36-24-13-12-21(37-25-10-6-7-11-26(25)42-19-29(37)40)16-23(24)33(31(36)41)20(2)30(32(3,4)34)27(43-33)17-28(39)35-15-8-9-22(35)18-38/h5-7,10-13,16,20,22,27,30,38H,1,8-9,14-15,17-19H2,2-4H3/t20-,22+,27+,30-,33+/m1/s1. The van der Waals surface area contributed by atoms with Gasteiger partial charge >= 0.3 is 0 Å². The van der Waals surface area contributed by atoms with Crippen LogP contribution in [0.3, 0.4) is 0 Å². The first-order valence-electron chi connectivity index (χ1n) is 14.9. The van der Waals surface area contributed by atoms with Gasteiger partial charge in [-0.3, -0.25) is 19.3 Å². The summed E-state index contributed by atoms with van der Waals surface area (Å²) in [6.07, 6.45) is 2.11. The highest BCUT2D eigenvalue weighted by molar-refractivity contribution is 6.10. The van der Waals surface area contributed by atoms with E-state index >= 15 is 4.39 Å². The van der Waals surface area contributed by atoms with Crippen LogP contribution in [-0.4, -0.2) is 71.8 Å². The third-order valence-electron chi connectivity index (χ3n) is 9.50. The van der Waals surface area contributed by atoms with Gasteiger partial charge in [-0.1, -0.05) is 25.1 Å². The molecule has 10 heteroatoms. The number of rotatable bonds is 7. The van der Waals surface area contributed by atoms with Crippen LogP contribution < -0.4 is 14.5 Å². The second-order valence-corrected chi connectivity index (χ2v) is 12.4. The number of aliphatic hydroxyl groups excluding tert-OH is 1. The quantitative estimate of drug-likeness (QED) is 0.484. The summed E-state index contributed by atoms with van der Waals surface area (Å²) in [4.78, 5) is 45.9. The van der Waals surface area contributed by atoms with Crippen molar-refractivity contribution in [3.8, 4) is 5.75 Å². The van der Waals surface area contributed by atoms with Crippen molar-refractivity contribution < 1.29 is 33.4 Å². The number of ether oxygens (including phenoxy) is 2. The van der Waals surface area contributed by atoms with Gasteiger partial charge in [-0.15, -0.1) is 6.58 Å². The van der Waals surface area contributed by atoms with Crippen LogP contribution in [0.2, 0.25) is 0 Å². The monoisotopic (exact) mass is 591 g/mol. The van der Waals surface area contributed by atoms with Gasteiger partial charge < -0.3 is 24.4 Å². The van der Waals surface area contributed by atoms with Crippen LogP contribution in [0.4, 0.5) is 21.5 Å². The maximum Gasteiger partial charge on any atom is 0.269 e. The molecule has 6 rings (SSSR count). The fraction of sp³-hybridized carbons (Fsp3) is 0.485. The molecule has 4 aliphatic rings. The van der Waals surface area contributed by atoms with Gasteiger partial charge in [0.2, 0.25) is 5.91 Å². The van der Waals surface area contributed by atoms with Crippen LogP contribution >= 0.6 is 0 Å². The summed E-state index contributed by atoms with van der Waals surface area (Å²) < 4.78 is 28.4. The fourth-order valence-corrected chi connectivity index (χ4v) is 7.71. The maximum absolute atomic E-state index is 16.1. The lowest BCUT2D eigenvalue weighted by Crippen LogP contribution is -2.45. The van der Waals surface area contributed by atoms with Crippen LogP contribution in [-0.2, 0) is 24.7 Å². The second kappa shape index (κ2) is 10.7. The van der Waals surface area contributed by atoms with Gasteiger partial charge in [-0.2, -0.15) is 0 Å². The molecule has 1 N–H and O–H groups in total. The van der Waals surface area contributed by atoms with Gasteiger partial charge in [0.15, 0.2) is 12.2 Å². The maximum atomic E-state index is 16.1. The smallest absolute Gasteiger partial charge is 0.269 e. The Balaban J connectivity index is 1.45. The summed E-state index contributed by atoms with van der Waals surface area (Å²) in [6, 6.07) is 12.3. The van der Waals surface area contributed by atoms with Crippen LogP contribution in [0.1, 0.15) is 45.6 Å². The number of aliphatic hydroxyl groups is 1. The normalized spacial score (nSPS) is 28.3. The van der Waals surface area contributed by atoms with Crippen molar-refractivity contribution in [2.24, 2.45) is 11.8 Å². The molecule has 43 heavy (non-hydrogen) atoms. The van der Waals surface area contributed by atoms with E-state index in [-0.39, 0.29) is 49.9 Å². The summed E-state index contributed by atoms with van der Waals surface area (Å²) in [5, 5.41) is 9.79. The van der Waals surface area contributed by atoms with E-state index < -0.39 is 29.2 Å². The number of fused-ring (bicyclic) bond motifs is 3. The molecule has 2 aromatic carbocycles. The van der Waals surface area contributed by atoms with Gasteiger partial charge in [-0.05, 0) is 57.0 Å². The minimum atomic E-state index is -1.78. The lowest BCUT2D eigenvalue weighted by atomic mass is 9.71. The van der Waals surface area contributed by atoms with Gasteiger partial charge in [0.25, 0.3) is 11.8 Å². The van der Waals surface area contributed by atoms with Crippen molar-refractivity contribution in [3.05, 3.63) is 60.7 Å². The zero-order chi connectivity index (χ0) is 30.7. The minimum Gasteiger partial charge on any atom is -0.482 e. The first-order chi connectivity index (χ1) is 20.5. The highest BCUT2D eigenvalue weighted by atomic mass is 19.1. The number of likely N-dealkylation sites (tertiary alicyclic amines) is 1. The topological polar surface area (TPSA) is 99.6 Å². The number of benzene rings is 2. The van der Waals surface area contributed by atoms with E-state index in [1.165, 1.54) is 13.8 Å². The molecule has 0 aromatic heterocycles. The number of amides is 3. The SMILES string of the molecule is C=CCN1C(=O)[C@@]2(O[C@@H](CC(=O)N3CCC[C@H]3CO)[C@H](C(C)(C)F)[C@H]2C)c2cc(N3C(=O)COc4ccccc43)ccc21. The zero-order valence-electron chi connectivity index (χ0n) is 24.8. The van der Waals surface area contributed by atoms with Crippen molar-refractivity contribution in [1.82, 2.24) is 4.90 Å². The zero-order valence-corrected chi connectivity index (χ0v) is 24.8. The molecule has 9 nitrogen and oxygen atoms in total. The van der Waals surface area contributed by atoms with Crippen LogP contribution in [0.15, 0.2) is 55.1 Å². The molecule has 0 bridgehead atoms. The van der Waals surface area contributed by atoms with E-state index in [0.717, 1.165) is 6.42 Å². The molecular weight excluding hydrogens is 553 g/mol. The van der Waals surface area contributed by atoms with Crippen molar-refractivity contribution >= 4 is 34.8 Å². The Morgan fingerprint density at radius 3 is 2.70 bits per heavy atom. The van der Waals surface area contributed by atoms with Crippen molar-refractivity contribution in [1.29, 1.82) is 0 Å². The predicted octanol–water partition coefficient (Wildman–Crippen LogP) is 4.24. The number of hydrogen-bond donors (Lipinski definition) is 1. The summed E-state index contributed by atoms with van der Waals surface area (Å²) in [7, 11) is 0. The van der Waals surface area contributed by atoms with Crippen molar-refractivity contribution in [3.63, 3.8) is 0 Å². The average Bonchev–Trinajstić information content (AvgIpc) is 3.63. The molecule has 2 aromatic rings. The molecule has 0 saturated carbocycles. The Morgan fingerprint density at radius 1 is 1.21 bits per heavy atom. The fourth-order valence-electron chi connectivity index (χ4n) is 7.71. The van der Waals surface area contributed by atoms with E-state index in [1.54, 1.807) is 51.1 Å². The molecule has 2 saturated heterocycles. The van der Waals surface area contributed by atoms with E-state index in [0.29, 0.717) is 41.3 Å². The van der Waals surface area contributed by atoms with E-state index in [4.69, 9.17) is 9.47 Å². The molecule has 5 atom stereocenters. The summed E-state index contributed by atoms with van der Waals surface area (Å²) >= 11 is 0. The van der Waals surface area contributed by atoms with Crippen molar-refractivity contribution in [2.75, 3.05) is 36.1 Å². The number of carbonyl (C=O) groups excluding carboxylic acids is 3. The number of alkyl halides is 1. The molecule has 228 valence electrons. The summed E-state index contributed by atoms with van der Waals surface area (Å²) in [6.45, 7) is 9.02. The predicted molar refractivity (Wildman–Crippen MR) is 159 cm³/mol. The van der Waals surface area contributed by atoms with Gasteiger partial charge in [0, 0.05) is 36.2 Å². The molecule has 1 spiro atoms. The highest BCUT2D eigenvalue weighted by Crippen LogP contribution is 2.59. The molecule has 0 radical (unpaired) electrons. The third-order valence-corrected chi connectivity index (χ3v) is 9.50. The van der Waals surface area contributed by atoms with Crippen molar-refractivity contribution in [2.45, 2.75) is 63.4 Å². The van der Waals surface area contributed by atoms with Gasteiger partial charge in [-0.25, -0.2) is 4.39 Å². The molecule has 3 amide bonds. The first-order valence-corrected chi connectivity index (χ1v) is 14.9. The Bertz CT molecular complexity index is 1470. The summed E-state index contributed by atoms with van der Waals surface area (Å²) in [5.41, 5.74) is -1.13. The molecule has 0 unspecified atom stereocenters. The first kappa shape index (κ1) is 29.3. The molecule has 4 heterocycles. The number of halogens is 1. The second-order valence-electron chi connectivity index (χ2n) is 12.4. The Labute approximate surface area is 250 Å². The van der Waals surface area contributed by atoms with Crippen LogP contribution in [0, 0.1) is 11.8 Å². The Morgan fingerprint density at radius 2 is 1.98 bits per heavy atom. The lowest BCUT2D eigenvalue weighted by Gasteiger charge is -2.33. The largest absolute Gasteiger partial charge is 0.482 e. The Kier molecular flexibility index (Phi) is 7.33.